The van der Waals surface area contributed by atoms with Crippen molar-refractivity contribution in [3.05, 3.63) is 36.1 Å². The van der Waals surface area contributed by atoms with E-state index < -0.39 is 0 Å². The molecule has 3 heteroatoms. The smallest absolute Gasteiger partial charge is 0.134 e. The van der Waals surface area contributed by atoms with E-state index in [4.69, 9.17) is 10.2 Å². The molecule has 1 heterocycles. The van der Waals surface area contributed by atoms with Gasteiger partial charge in [-0.15, -0.1) is 0 Å². The first-order valence-corrected chi connectivity index (χ1v) is 7.14. The molecule has 0 aliphatic rings. The zero-order valence-corrected chi connectivity index (χ0v) is 12.1. The number of likely N-dealkylation sites (N-methyl/N-ethyl adjacent to an activating group) is 1. The lowest BCUT2D eigenvalue weighted by Gasteiger charge is -2.34. The van der Waals surface area contributed by atoms with Crippen LogP contribution in [-0.4, -0.2) is 24.0 Å². The predicted octanol–water partition coefficient (Wildman–Crippen LogP) is 3.55. The molecule has 3 nitrogen and oxygen atoms in total. The number of fused-ring (bicyclic) bond motifs is 1. The van der Waals surface area contributed by atoms with Crippen LogP contribution in [0.5, 0.6) is 0 Å². The van der Waals surface area contributed by atoms with E-state index in [-0.39, 0.29) is 6.04 Å². The SMILES string of the molecule is CCC(C)N(CC)C(CN)c1coc2ccccc12. The number of nitrogens with zero attached hydrogens (tertiary/aromatic N) is 1. The van der Waals surface area contributed by atoms with Crippen molar-refractivity contribution in [2.75, 3.05) is 13.1 Å². The number of furan rings is 1. The fraction of sp³-hybridized carbons (Fsp3) is 0.500. The average Bonchev–Trinajstić information content (AvgIpc) is 2.87. The molecule has 104 valence electrons. The van der Waals surface area contributed by atoms with Crippen molar-refractivity contribution >= 4 is 11.0 Å². The first-order valence-electron chi connectivity index (χ1n) is 7.14. The second-order valence-corrected chi connectivity index (χ2v) is 5.03. The Labute approximate surface area is 115 Å². The quantitative estimate of drug-likeness (QED) is 0.863. The molecule has 2 N–H and O–H groups in total. The summed E-state index contributed by atoms with van der Waals surface area (Å²) in [6, 6.07) is 8.91. The van der Waals surface area contributed by atoms with E-state index in [9.17, 15) is 0 Å². The normalized spacial score (nSPS) is 15.0. The summed E-state index contributed by atoms with van der Waals surface area (Å²) in [5.74, 6) is 0. The topological polar surface area (TPSA) is 42.4 Å². The lowest BCUT2D eigenvalue weighted by Crippen LogP contribution is -2.39. The summed E-state index contributed by atoms with van der Waals surface area (Å²) in [7, 11) is 0. The molecule has 0 spiro atoms. The molecule has 0 fully saturated rings. The Bertz CT molecular complexity index is 520. The molecule has 0 aliphatic carbocycles. The van der Waals surface area contributed by atoms with E-state index in [2.05, 4.69) is 37.8 Å². The Morgan fingerprint density at radius 2 is 2.00 bits per heavy atom. The van der Waals surface area contributed by atoms with Crippen molar-refractivity contribution in [1.82, 2.24) is 4.90 Å². The molecule has 2 rings (SSSR count). The Hall–Kier alpha value is -1.32. The first-order chi connectivity index (χ1) is 9.22. The Morgan fingerprint density at radius 1 is 1.26 bits per heavy atom. The minimum absolute atomic E-state index is 0.226. The monoisotopic (exact) mass is 260 g/mol. The molecule has 2 atom stereocenters. The molecule has 0 aliphatic heterocycles. The van der Waals surface area contributed by atoms with Crippen LogP contribution in [0.2, 0.25) is 0 Å². The third kappa shape index (κ3) is 2.67. The van der Waals surface area contributed by atoms with Crippen LogP contribution < -0.4 is 5.73 Å². The molecular weight excluding hydrogens is 236 g/mol. The van der Waals surface area contributed by atoms with E-state index in [0.29, 0.717) is 12.6 Å². The molecule has 0 bridgehead atoms. The fourth-order valence-corrected chi connectivity index (χ4v) is 2.77. The maximum Gasteiger partial charge on any atom is 0.134 e. The lowest BCUT2D eigenvalue weighted by molar-refractivity contribution is 0.152. The van der Waals surface area contributed by atoms with Gasteiger partial charge in [0.2, 0.25) is 0 Å². The van der Waals surface area contributed by atoms with E-state index >= 15 is 0 Å². The number of rotatable bonds is 6. The molecule has 1 aromatic heterocycles. The van der Waals surface area contributed by atoms with Crippen molar-refractivity contribution in [2.24, 2.45) is 5.73 Å². The van der Waals surface area contributed by atoms with Gasteiger partial charge in [-0.3, -0.25) is 4.90 Å². The maximum atomic E-state index is 6.04. The van der Waals surface area contributed by atoms with E-state index in [1.54, 1.807) is 0 Å². The van der Waals surface area contributed by atoms with Crippen LogP contribution in [0.3, 0.4) is 0 Å². The molecule has 0 radical (unpaired) electrons. The second kappa shape index (κ2) is 6.22. The highest BCUT2D eigenvalue weighted by Crippen LogP contribution is 2.30. The van der Waals surface area contributed by atoms with Gasteiger partial charge < -0.3 is 10.2 Å². The van der Waals surface area contributed by atoms with Crippen LogP contribution in [0.4, 0.5) is 0 Å². The summed E-state index contributed by atoms with van der Waals surface area (Å²) >= 11 is 0. The summed E-state index contributed by atoms with van der Waals surface area (Å²) in [5, 5.41) is 1.18. The zero-order valence-electron chi connectivity index (χ0n) is 12.1. The van der Waals surface area contributed by atoms with Gasteiger partial charge in [0.1, 0.15) is 5.58 Å². The minimum atomic E-state index is 0.226. The Balaban J connectivity index is 2.40. The zero-order chi connectivity index (χ0) is 13.8. The largest absolute Gasteiger partial charge is 0.464 e. The number of para-hydroxylation sites is 1. The van der Waals surface area contributed by atoms with Crippen molar-refractivity contribution in [2.45, 2.75) is 39.3 Å². The summed E-state index contributed by atoms with van der Waals surface area (Å²) in [6.45, 7) is 8.28. The molecule has 0 saturated heterocycles. The lowest BCUT2D eigenvalue weighted by atomic mass is 10.0. The standard InChI is InChI=1S/C16H24N2O/c1-4-12(3)18(5-2)15(10-17)14-11-19-16-9-7-6-8-13(14)16/h6-9,11-12,15H,4-5,10,17H2,1-3H3. The predicted molar refractivity (Wildman–Crippen MR) is 80.1 cm³/mol. The van der Waals surface area contributed by atoms with Crippen LogP contribution in [0, 0.1) is 0 Å². The maximum absolute atomic E-state index is 6.04. The molecular formula is C16H24N2O. The average molecular weight is 260 g/mol. The van der Waals surface area contributed by atoms with Crippen LogP contribution in [-0.2, 0) is 0 Å². The number of hydrogen-bond donors (Lipinski definition) is 1. The Kier molecular flexibility index (Phi) is 4.61. The van der Waals surface area contributed by atoms with Gasteiger partial charge in [0, 0.05) is 23.5 Å². The van der Waals surface area contributed by atoms with Crippen molar-refractivity contribution in [1.29, 1.82) is 0 Å². The highest BCUT2D eigenvalue weighted by atomic mass is 16.3. The fourth-order valence-electron chi connectivity index (χ4n) is 2.77. The third-order valence-electron chi connectivity index (χ3n) is 4.02. The van der Waals surface area contributed by atoms with Crippen molar-refractivity contribution < 1.29 is 4.42 Å². The highest BCUT2D eigenvalue weighted by Gasteiger charge is 2.24. The highest BCUT2D eigenvalue weighted by molar-refractivity contribution is 5.81. The molecule has 2 aromatic rings. The van der Waals surface area contributed by atoms with E-state index in [0.717, 1.165) is 18.5 Å². The van der Waals surface area contributed by atoms with E-state index in [1.807, 2.05) is 18.4 Å². The summed E-state index contributed by atoms with van der Waals surface area (Å²) in [4.78, 5) is 2.46. The second-order valence-electron chi connectivity index (χ2n) is 5.03. The van der Waals surface area contributed by atoms with Gasteiger partial charge in [0.15, 0.2) is 0 Å². The van der Waals surface area contributed by atoms with Crippen LogP contribution in [0.25, 0.3) is 11.0 Å². The van der Waals surface area contributed by atoms with Crippen LogP contribution in [0.1, 0.15) is 38.8 Å². The summed E-state index contributed by atoms with van der Waals surface area (Å²) in [5.41, 5.74) is 8.19. The van der Waals surface area contributed by atoms with Crippen LogP contribution >= 0.6 is 0 Å². The summed E-state index contributed by atoms with van der Waals surface area (Å²) in [6.07, 6.45) is 2.99. The third-order valence-corrected chi connectivity index (χ3v) is 4.02. The van der Waals surface area contributed by atoms with Gasteiger partial charge in [0.25, 0.3) is 0 Å². The van der Waals surface area contributed by atoms with Gasteiger partial charge in [-0.25, -0.2) is 0 Å². The van der Waals surface area contributed by atoms with Gasteiger partial charge in [-0.2, -0.15) is 0 Å². The van der Waals surface area contributed by atoms with Gasteiger partial charge in [0.05, 0.1) is 12.3 Å². The Morgan fingerprint density at radius 3 is 2.63 bits per heavy atom. The van der Waals surface area contributed by atoms with Crippen LogP contribution in [0.15, 0.2) is 34.9 Å². The van der Waals surface area contributed by atoms with Gasteiger partial charge in [-0.05, 0) is 26.0 Å². The molecule has 1 aromatic carbocycles. The number of nitrogens with two attached hydrogens (primary N) is 1. The number of benzene rings is 1. The summed E-state index contributed by atoms with van der Waals surface area (Å²) < 4.78 is 5.66. The van der Waals surface area contributed by atoms with Crippen molar-refractivity contribution in [3.63, 3.8) is 0 Å². The van der Waals surface area contributed by atoms with E-state index in [1.165, 1.54) is 10.9 Å². The van der Waals surface area contributed by atoms with Gasteiger partial charge >= 0.3 is 0 Å². The molecule has 2 unspecified atom stereocenters. The molecule has 0 amide bonds. The number of hydrogen-bond acceptors (Lipinski definition) is 3. The first kappa shape index (κ1) is 14.1. The minimum Gasteiger partial charge on any atom is -0.464 e. The molecule has 0 saturated carbocycles. The van der Waals surface area contributed by atoms with Crippen molar-refractivity contribution in [3.8, 4) is 0 Å². The molecule has 19 heavy (non-hydrogen) atoms. The van der Waals surface area contributed by atoms with Gasteiger partial charge in [-0.1, -0.05) is 32.0 Å².